The molecular formula is C56H34O2. The summed E-state index contributed by atoms with van der Waals surface area (Å²) in [4.78, 5) is 0. The first kappa shape index (κ1) is 32.6. The Morgan fingerprint density at radius 2 is 0.569 bits per heavy atom. The third-order valence-corrected chi connectivity index (χ3v) is 11.9. The summed E-state index contributed by atoms with van der Waals surface area (Å²) < 4.78 is 13.6. The summed E-state index contributed by atoms with van der Waals surface area (Å²) in [7, 11) is 0. The van der Waals surface area contributed by atoms with Gasteiger partial charge in [0.2, 0.25) is 0 Å². The van der Waals surface area contributed by atoms with Gasteiger partial charge < -0.3 is 8.83 Å². The van der Waals surface area contributed by atoms with Gasteiger partial charge in [0.05, 0.1) is 5.56 Å². The molecule has 2 aromatic heterocycles. The van der Waals surface area contributed by atoms with Crippen molar-refractivity contribution in [3.63, 3.8) is 0 Å². The van der Waals surface area contributed by atoms with Crippen LogP contribution in [0, 0.1) is 0 Å². The van der Waals surface area contributed by atoms with Gasteiger partial charge in [0.15, 0.2) is 0 Å². The summed E-state index contributed by atoms with van der Waals surface area (Å²) in [6.45, 7) is 0. The summed E-state index contributed by atoms with van der Waals surface area (Å²) in [5.74, 6) is 0. The van der Waals surface area contributed by atoms with Crippen molar-refractivity contribution >= 4 is 65.4 Å². The van der Waals surface area contributed by atoms with Crippen LogP contribution in [0.3, 0.4) is 0 Å². The highest BCUT2D eigenvalue weighted by Gasteiger charge is 2.23. The Bertz CT molecular complexity index is 3430. The Balaban J connectivity index is 1.17. The smallest absolute Gasteiger partial charge is 0.147 e. The molecule has 2 heteroatoms. The first-order valence-corrected chi connectivity index (χ1v) is 19.8. The molecule has 10 aromatic carbocycles. The lowest BCUT2D eigenvalue weighted by Crippen LogP contribution is -1.92. The van der Waals surface area contributed by atoms with Crippen LogP contribution < -0.4 is 0 Å². The molecule has 0 N–H and O–H groups in total. The number of benzene rings is 10. The molecule has 0 unspecified atom stereocenters. The second-order valence-corrected chi connectivity index (χ2v) is 15.1. The average molecular weight is 739 g/mol. The van der Waals surface area contributed by atoms with Gasteiger partial charge in [-0.05, 0) is 95.9 Å². The first-order valence-electron chi connectivity index (χ1n) is 19.8. The van der Waals surface area contributed by atoms with Gasteiger partial charge in [-0.15, -0.1) is 0 Å². The first-order chi connectivity index (χ1) is 28.8. The van der Waals surface area contributed by atoms with Crippen molar-refractivity contribution in [2.75, 3.05) is 0 Å². The van der Waals surface area contributed by atoms with Crippen LogP contribution >= 0.6 is 0 Å². The zero-order valence-corrected chi connectivity index (χ0v) is 31.4. The number of rotatable bonds is 5. The molecular weight excluding hydrogens is 705 g/mol. The SMILES string of the molecule is c1ccc(-c2ccc(-c3c4ccccc4c(-c4ccc(-c5ccccc5)cc4)c4cc(-c5c6oc7ccccc7c6cc6c5oc5ccccc56)ccc34)cc2)cc1. The third-order valence-electron chi connectivity index (χ3n) is 11.9. The standard InChI is InChI=1S/C56H34O2/c1-3-13-35(14-4-1)37-23-27-39(28-24-37)52-44-19-7-8-20-45(44)53(40-29-25-38(26-30-40)36-15-5-2-6-16-36)47-33-41(31-32-46(47)52)54-55-48(42-17-9-11-21-50(42)57-55)34-49-43-18-10-12-22-51(43)58-56(49)54/h1-34H. The van der Waals surface area contributed by atoms with Gasteiger partial charge >= 0.3 is 0 Å². The van der Waals surface area contributed by atoms with Crippen LogP contribution in [-0.2, 0) is 0 Å². The van der Waals surface area contributed by atoms with Gasteiger partial charge in [0.1, 0.15) is 22.3 Å². The van der Waals surface area contributed by atoms with Crippen molar-refractivity contribution in [3.8, 4) is 55.6 Å². The maximum Gasteiger partial charge on any atom is 0.147 e. The molecule has 0 saturated heterocycles. The van der Waals surface area contributed by atoms with E-state index in [9.17, 15) is 0 Å². The van der Waals surface area contributed by atoms with E-state index in [0.29, 0.717) is 0 Å². The number of fused-ring (bicyclic) bond motifs is 8. The summed E-state index contributed by atoms with van der Waals surface area (Å²) >= 11 is 0. The molecule has 0 bridgehead atoms. The van der Waals surface area contributed by atoms with Crippen molar-refractivity contribution in [3.05, 3.63) is 206 Å². The summed E-state index contributed by atoms with van der Waals surface area (Å²) in [5.41, 5.74) is 15.0. The van der Waals surface area contributed by atoms with E-state index in [2.05, 4.69) is 194 Å². The molecule has 2 nitrogen and oxygen atoms in total. The maximum absolute atomic E-state index is 6.78. The molecule has 12 aromatic rings. The van der Waals surface area contributed by atoms with E-state index >= 15 is 0 Å². The highest BCUT2D eigenvalue weighted by atomic mass is 16.3. The molecule has 0 fully saturated rings. The largest absolute Gasteiger partial charge is 0.455 e. The molecule has 58 heavy (non-hydrogen) atoms. The Kier molecular flexibility index (Phi) is 7.26. The van der Waals surface area contributed by atoms with Crippen LogP contribution in [0.4, 0.5) is 0 Å². The lowest BCUT2D eigenvalue weighted by atomic mass is 9.84. The minimum Gasteiger partial charge on any atom is -0.455 e. The predicted octanol–water partition coefficient (Wildman–Crippen LogP) is 16.1. The highest BCUT2D eigenvalue weighted by molar-refractivity contribution is 6.25. The second kappa shape index (κ2) is 12.9. The summed E-state index contributed by atoms with van der Waals surface area (Å²) in [5, 5.41) is 9.14. The zero-order valence-electron chi connectivity index (χ0n) is 31.4. The molecule has 2 heterocycles. The van der Waals surface area contributed by atoms with Gasteiger partial charge in [0, 0.05) is 21.5 Å². The van der Waals surface area contributed by atoms with Gasteiger partial charge in [-0.25, -0.2) is 0 Å². The quantitative estimate of drug-likeness (QED) is 0.164. The molecule has 0 spiro atoms. The van der Waals surface area contributed by atoms with Crippen LogP contribution in [-0.4, -0.2) is 0 Å². The minimum atomic E-state index is 0.832. The van der Waals surface area contributed by atoms with Crippen LogP contribution in [0.1, 0.15) is 0 Å². The molecule has 0 radical (unpaired) electrons. The normalized spacial score (nSPS) is 11.8. The topological polar surface area (TPSA) is 26.3 Å². The molecule has 12 rings (SSSR count). The minimum absolute atomic E-state index is 0.832. The van der Waals surface area contributed by atoms with E-state index < -0.39 is 0 Å². The molecule has 0 atom stereocenters. The predicted molar refractivity (Wildman–Crippen MR) is 243 cm³/mol. The Labute approximate surface area is 334 Å². The zero-order chi connectivity index (χ0) is 38.2. The lowest BCUT2D eigenvalue weighted by Gasteiger charge is -2.19. The molecule has 0 aliphatic carbocycles. The van der Waals surface area contributed by atoms with Crippen molar-refractivity contribution in [1.29, 1.82) is 0 Å². The van der Waals surface area contributed by atoms with Gasteiger partial charge in [-0.3, -0.25) is 0 Å². The van der Waals surface area contributed by atoms with E-state index in [1.807, 2.05) is 12.1 Å². The number of hydrogen-bond donors (Lipinski definition) is 0. The molecule has 0 aliphatic rings. The Morgan fingerprint density at radius 1 is 0.207 bits per heavy atom. The van der Waals surface area contributed by atoms with E-state index in [1.54, 1.807) is 0 Å². The number of hydrogen-bond acceptors (Lipinski definition) is 2. The van der Waals surface area contributed by atoms with Crippen LogP contribution in [0.25, 0.3) is 121 Å². The van der Waals surface area contributed by atoms with Crippen molar-refractivity contribution in [2.45, 2.75) is 0 Å². The fourth-order valence-corrected chi connectivity index (χ4v) is 9.17. The van der Waals surface area contributed by atoms with E-state index in [0.717, 1.165) is 55.0 Å². The fourth-order valence-electron chi connectivity index (χ4n) is 9.17. The van der Waals surface area contributed by atoms with E-state index in [4.69, 9.17) is 8.83 Å². The summed E-state index contributed by atoms with van der Waals surface area (Å²) in [6, 6.07) is 74.0. The fraction of sp³-hybridized carbons (Fsp3) is 0. The van der Waals surface area contributed by atoms with Crippen LogP contribution in [0.5, 0.6) is 0 Å². The van der Waals surface area contributed by atoms with Crippen molar-refractivity contribution in [2.24, 2.45) is 0 Å². The van der Waals surface area contributed by atoms with Crippen molar-refractivity contribution in [1.82, 2.24) is 0 Å². The van der Waals surface area contributed by atoms with Crippen LogP contribution in [0.2, 0.25) is 0 Å². The number of furan rings is 2. The van der Waals surface area contributed by atoms with Gasteiger partial charge in [-0.2, -0.15) is 0 Å². The molecule has 0 aliphatic heterocycles. The maximum atomic E-state index is 6.78. The van der Waals surface area contributed by atoms with Gasteiger partial charge in [0.25, 0.3) is 0 Å². The Morgan fingerprint density at radius 3 is 1.07 bits per heavy atom. The molecule has 0 saturated carbocycles. The third kappa shape index (κ3) is 5.05. The number of para-hydroxylation sites is 2. The lowest BCUT2D eigenvalue weighted by molar-refractivity contribution is 0.658. The highest BCUT2D eigenvalue weighted by Crippen LogP contribution is 2.49. The van der Waals surface area contributed by atoms with Crippen molar-refractivity contribution < 1.29 is 8.83 Å². The Hall–Kier alpha value is -7.68. The van der Waals surface area contributed by atoms with E-state index in [1.165, 1.54) is 66.1 Å². The van der Waals surface area contributed by atoms with Gasteiger partial charge in [-0.1, -0.05) is 182 Å². The van der Waals surface area contributed by atoms with Crippen LogP contribution in [0.15, 0.2) is 215 Å². The average Bonchev–Trinajstić information content (AvgIpc) is 3.86. The molecule has 0 amide bonds. The van der Waals surface area contributed by atoms with E-state index in [-0.39, 0.29) is 0 Å². The second-order valence-electron chi connectivity index (χ2n) is 15.1. The summed E-state index contributed by atoms with van der Waals surface area (Å²) in [6.07, 6.45) is 0. The monoisotopic (exact) mass is 738 g/mol. The molecule has 270 valence electrons.